The molecule has 0 N–H and O–H groups in total. The van der Waals surface area contributed by atoms with E-state index >= 15 is 0 Å². The van der Waals surface area contributed by atoms with E-state index in [-0.39, 0.29) is 6.79 Å². The average molecular weight is 417 g/mol. The predicted molar refractivity (Wildman–Crippen MR) is 136 cm³/mol. The lowest BCUT2D eigenvalue weighted by Gasteiger charge is -2.11. The normalized spacial score (nSPS) is 9.00. The molecule has 0 aliphatic carbocycles. The van der Waals surface area contributed by atoms with Crippen molar-refractivity contribution in [3.63, 3.8) is 0 Å². The largest absolute Gasteiger partial charge is 0.457 e. The molecule has 0 heterocycles. The van der Waals surface area contributed by atoms with Crippen molar-refractivity contribution in [2.75, 3.05) is 20.9 Å². The van der Waals surface area contributed by atoms with Gasteiger partial charge in [0.1, 0.15) is 11.5 Å². The summed E-state index contributed by atoms with van der Waals surface area (Å²) in [5, 5.41) is 0. The van der Waals surface area contributed by atoms with E-state index < -0.39 is 0 Å². The maximum Gasteiger partial charge on any atom is 0.230 e. The van der Waals surface area contributed by atoms with E-state index in [2.05, 4.69) is 23.8 Å². The van der Waals surface area contributed by atoms with Crippen molar-refractivity contribution in [2.45, 2.75) is 61.8 Å². The fourth-order valence-electron chi connectivity index (χ4n) is 1.87. The number of benzene rings is 2. The minimum atomic E-state index is 0.128. The molecule has 0 atom stereocenters. The van der Waals surface area contributed by atoms with Crippen molar-refractivity contribution >= 4 is 12.4 Å². The van der Waals surface area contributed by atoms with Crippen molar-refractivity contribution in [1.29, 1.82) is 0 Å². The molecule has 0 bridgehead atoms. The highest BCUT2D eigenvalue weighted by Crippen LogP contribution is 2.18. The van der Waals surface area contributed by atoms with E-state index in [1.54, 1.807) is 26.5 Å². The molecule has 170 valence electrons. The number of hydrogen-bond donors (Lipinski definition) is 0. The molecule has 0 unspecified atom stereocenters. The maximum absolute atomic E-state index is 5.67. The van der Waals surface area contributed by atoms with Crippen LogP contribution in [0.3, 0.4) is 0 Å². The van der Waals surface area contributed by atoms with Crippen molar-refractivity contribution in [3.05, 3.63) is 59.7 Å². The van der Waals surface area contributed by atoms with Crippen LogP contribution in [0.4, 0.5) is 0 Å². The van der Waals surface area contributed by atoms with Gasteiger partial charge in [-0.05, 0) is 24.3 Å². The zero-order valence-electron chi connectivity index (χ0n) is 20.9. The molecule has 2 rings (SSSR count). The molecule has 2 aromatic carbocycles. The molecule has 0 spiro atoms. The number of para-hydroxylation sites is 2. The van der Waals surface area contributed by atoms with Gasteiger partial charge in [0, 0.05) is 37.7 Å². The fourth-order valence-corrected chi connectivity index (χ4v) is 1.87. The Kier molecular flexibility index (Phi) is 28.2. The highest BCUT2D eigenvalue weighted by Gasteiger charge is 2.03. The molecule has 0 saturated carbocycles. The molecule has 0 aliphatic heterocycles. The number of hydrogen-bond acceptors (Lipinski definition) is 4. The Morgan fingerprint density at radius 3 is 1.23 bits per heavy atom. The Bertz CT molecular complexity index is 597. The molecule has 0 radical (unpaired) electrons. The minimum Gasteiger partial charge on any atom is -0.457 e. The van der Waals surface area contributed by atoms with Crippen LogP contribution in [0.5, 0.6) is 11.5 Å². The highest BCUT2D eigenvalue weighted by molar-refractivity contribution is 5.83. The first-order chi connectivity index (χ1) is 14.8. The van der Waals surface area contributed by atoms with E-state index in [1.807, 2.05) is 90.1 Å². The van der Waals surface area contributed by atoms with Gasteiger partial charge in [0.25, 0.3) is 0 Å². The van der Waals surface area contributed by atoms with Crippen molar-refractivity contribution in [1.82, 2.24) is 0 Å². The summed E-state index contributed by atoms with van der Waals surface area (Å²) >= 11 is 0. The predicted octanol–water partition coefficient (Wildman–Crippen LogP) is 7.69. The van der Waals surface area contributed by atoms with Crippen LogP contribution in [-0.2, 0) is 0 Å². The van der Waals surface area contributed by atoms with Gasteiger partial charge in [0.05, 0.1) is 0 Å². The average Bonchev–Trinajstić information content (AvgIpc) is 2.81. The Labute approximate surface area is 186 Å². The number of nitrogens with zero attached hydrogens (tertiary/aromatic N) is 2. The van der Waals surface area contributed by atoms with Gasteiger partial charge in [-0.1, -0.05) is 86.1 Å². The Balaban J connectivity index is -0.000000709. The van der Waals surface area contributed by atoms with Gasteiger partial charge in [-0.25, -0.2) is 0 Å². The Hall–Kier alpha value is -2.62. The molecule has 0 fully saturated rings. The molecule has 0 aromatic heterocycles. The molecule has 4 nitrogen and oxygen atoms in total. The Morgan fingerprint density at radius 1 is 0.633 bits per heavy atom. The minimum absolute atomic E-state index is 0.128. The summed E-state index contributed by atoms with van der Waals surface area (Å²) in [5.41, 5.74) is 1.85. The van der Waals surface area contributed by atoms with Gasteiger partial charge in [-0.3, -0.25) is 9.98 Å². The molecule has 2 aromatic rings. The summed E-state index contributed by atoms with van der Waals surface area (Å²) in [6, 6.07) is 15.4. The van der Waals surface area contributed by atoms with Gasteiger partial charge in [0.15, 0.2) is 0 Å². The first-order valence-electron chi connectivity index (χ1n) is 11.0. The van der Waals surface area contributed by atoms with Crippen LogP contribution >= 0.6 is 0 Å². The lowest BCUT2D eigenvalue weighted by Crippen LogP contribution is -2.08. The topological polar surface area (TPSA) is 43.2 Å². The van der Waals surface area contributed by atoms with E-state index in [0.717, 1.165) is 22.6 Å². The number of ether oxygens (including phenoxy) is 2. The maximum atomic E-state index is 5.67. The van der Waals surface area contributed by atoms with Gasteiger partial charge < -0.3 is 9.47 Å². The molecule has 0 amide bonds. The molecular weight excluding hydrogens is 372 g/mol. The quantitative estimate of drug-likeness (QED) is 0.358. The summed E-state index contributed by atoms with van der Waals surface area (Å²) in [6.07, 6.45) is 4.76. The lowest BCUT2D eigenvalue weighted by atomic mass is 10.2. The Morgan fingerprint density at radius 2 is 0.933 bits per heavy atom. The third-order valence-electron chi connectivity index (χ3n) is 2.80. The summed E-state index contributed by atoms with van der Waals surface area (Å²) in [7, 11) is 3.46. The number of aliphatic imine (C=N–C) groups is 2. The van der Waals surface area contributed by atoms with E-state index in [0.29, 0.717) is 0 Å². The van der Waals surface area contributed by atoms with Crippen LogP contribution in [0.25, 0.3) is 0 Å². The van der Waals surface area contributed by atoms with Crippen LogP contribution < -0.4 is 9.47 Å². The highest BCUT2D eigenvalue weighted by atomic mass is 16.7. The molecular formula is C26H44N2O2. The van der Waals surface area contributed by atoms with Gasteiger partial charge in [0.2, 0.25) is 6.79 Å². The molecule has 0 aliphatic rings. The van der Waals surface area contributed by atoms with Crippen molar-refractivity contribution in [2.24, 2.45) is 9.98 Å². The van der Waals surface area contributed by atoms with Gasteiger partial charge in [-0.2, -0.15) is 0 Å². The fraction of sp³-hybridized carbons (Fsp3) is 0.462. The second kappa shape index (κ2) is 26.4. The smallest absolute Gasteiger partial charge is 0.230 e. The zero-order valence-corrected chi connectivity index (χ0v) is 20.9. The first-order valence-corrected chi connectivity index (χ1v) is 11.0. The second-order valence-corrected chi connectivity index (χ2v) is 4.96. The van der Waals surface area contributed by atoms with Gasteiger partial charge >= 0.3 is 0 Å². The van der Waals surface area contributed by atoms with Gasteiger partial charge in [-0.15, -0.1) is 0 Å². The van der Waals surface area contributed by atoms with E-state index in [4.69, 9.17) is 9.47 Å². The standard InChI is InChI=1S/C17H18N2O2.C3H8.3C2H6/c1-18-11-14-7-3-5-9-16(14)20-13-21-17-10-6-4-8-15(17)12-19-2;1-3-2;3*1-2/h3-12H,13H2,1-2H3;3H2,1-2H3;3*1-2H3. The van der Waals surface area contributed by atoms with E-state index in [9.17, 15) is 0 Å². The van der Waals surface area contributed by atoms with Crippen LogP contribution in [0.15, 0.2) is 58.5 Å². The summed E-state index contributed by atoms with van der Waals surface area (Å²) in [6.45, 7) is 16.4. The second-order valence-electron chi connectivity index (χ2n) is 4.96. The molecule has 0 saturated heterocycles. The summed E-state index contributed by atoms with van der Waals surface area (Å²) in [4.78, 5) is 8.02. The zero-order chi connectivity index (χ0) is 23.6. The van der Waals surface area contributed by atoms with Crippen molar-refractivity contribution < 1.29 is 9.47 Å². The lowest BCUT2D eigenvalue weighted by molar-refractivity contribution is 0.119. The van der Waals surface area contributed by atoms with Crippen LogP contribution in [0, 0.1) is 0 Å². The van der Waals surface area contributed by atoms with Crippen LogP contribution in [-0.4, -0.2) is 33.3 Å². The molecule has 4 heteroatoms. The first kappa shape index (κ1) is 32.1. The third kappa shape index (κ3) is 15.3. The molecule has 30 heavy (non-hydrogen) atoms. The SMILES string of the molecule is CC.CC.CC.CCC.CN=Cc1ccccc1OCOc1ccccc1C=NC. The number of rotatable bonds is 6. The monoisotopic (exact) mass is 416 g/mol. The van der Waals surface area contributed by atoms with Crippen LogP contribution in [0.2, 0.25) is 0 Å². The van der Waals surface area contributed by atoms with Crippen LogP contribution in [0.1, 0.15) is 72.9 Å². The third-order valence-corrected chi connectivity index (χ3v) is 2.80. The summed E-state index contributed by atoms with van der Waals surface area (Å²) in [5.74, 6) is 1.48. The summed E-state index contributed by atoms with van der Waals surface area (Å²) < 4.78 is 11.3. The van der Waals surface area contributed by atoms with Crippen molar-refractivity contribution in [3.8, 4) is 11.5 Å². The van der Waals surface area contributed by atoms with E-state index in [1.165, 1.54) is 6.42 Å².